The normalized spacial score (nSPS) is 51.6. The van der Waals surface area contributed by atoms with Crippen LogP contribution >= 0.6 is 0 Å². The fraction of sp³-hybridized carbons (Fsp3) is 1.00. The molecule has 0 unspecified atom stereocenters. The summed E-state index contributed by atoms with van der Waals surface area (Å²) >= 11 is 0. The van der Waals surface area contributed by atoms with Crippen LogP contribution in [0.2, 0.25) is 0 Å². The van der Waals surface area contributed by atoms with E-state index in [2.05, 4.69) is 20.8 Å². The van der Waals surface area contributed by atoms with Crippen molar-refractivity contribution in [1.29, 1.82) is 0 Å². The third-order valence-electron chi connectivity index (χ3n) is 3.67. The van der Waals surface area contributed by atoms with E-state index in [-0.39, 0.29) is 0 Å². The predicted molar refractivity (Wildman–Crippen MR) is 43.7 cm³/mol. The van der Waals surface area contributed by atoms with E-state index in [1.54, 1.807) is 0 Å². The molecule has 0 saturated heterocycles. The molecule has 0 bridgehead atoms. The molecule has 2 aliphatic carbocycles. The highest BCUT2D eigenvalue weighted by molar-refractivity contribution is 5.04. The van der Waals surface area contributed by atoms with Crippen molar-refractivity contribution in [3.63, 3.8) is 0 Å². The molecule has 2 aliphatic rings. The second-order valence-electron chi connectivity index (χ2n) is 4.62. The highest BCUT2D eigenvalue weighted by Crippen LogP contribution is 2.62. The highest BCUT2D eigenvalue weighted by Gasteiger charge is 2.56. The van der Waals surface area contributed by atoms with E-state index in [1.807, 2.05) is 0 Å². The molecule has 0 heterocycles. The van der Waals surface area contributed by atoms with Crippen molar-refractivity contribution in [3.05, 3.63) is 0 Å². The van der Waals surface area contributed by atoms with Gasteiger partial charge in [0.15, 0.2) is 0 Å². The fourth-order valence-corrected chi connectivity index (χ4v) is 3.20. The van der Waals surface area contributed by atoms with Gasteiger partial charge in [0, 0.05) is 0 Å². The first-order valence-corrected chi connectivity index (χ1v) is 4.72. The Labute approximate surface area is 64.0 Å². The first-order chi connectivity index (χ1) is 4.72. The number of hydrogen-bond acceptors (Lipinski definition) is 0. The standard InChI is InChI=1S/C10H18/c1-6(2)9-8-5-4-7(3)10(8)9/h6-10H,4-5H2,1-3H3/t7-,8+,9+,10+/m1/s1. The molecule has 0 aromatic heterocycles. The molecule has 0 aliphatic heterocycles. The molecule has 0 spiro atoms. The molecule has 0 aromatic rings. The second kappa shape index (κ2) is 1.99. The van der Waals surface area contributed by atoms with Crippen LogP contribution in [0.25, 0.3) is 0 Å². The van der Waals surface area contributed by atoms with E-state index in [4.69, 9.17) is 0 Å². The first-order valence-electron chi connectivity index (χ1n) is 4.72. The van der Waals surface area contributed by atoms with Gasteiger partial charge in [0.05, 0.1) is 0 Å². The lowest BCUT2D eigenvalue weighted by Gasteiger charge is -2.10. The summed E-state index contributed by atoms with van der Waals surface area (Å²) in [5.74, 6) is 5.41. The van der Waals surface area contributed by atoms with Crippen LogP contribution in [0.3, 0.4) is 0 Å². The summed E-state index contributed by atoms with van der Waals surface area (Å²) in [5, 5.41) is 0. The van der Waals surface area contributed by atoms with Gasteiger partial charge in [-0.05, 0) is 36.0 Å². The molecular weight excluding hydrogens is 120 g/mol. The molecule has 0 heteroatoms. The minimum Gasteiger partial charge on any atom is -0.0625 e. The average Bonchev–Trinajstić information content (AvgIpc) is 2.48. The van der Waals surface area contributed by atoms with Crippen LogP contribution in [0, 0.1) is 29.6 Å². The van der Waals surface area contributed by atoms with Crippen molar-refractivity contribution in [2.45, 2.75) is 33.6 Å². The maximum atomic E-state index is 2.44. The fourth-order valence-electron chi connectivity index (χ4n) is 3.20. The minimum atomic E-state index is 0.956. The molecule has 0 nitrogen and oxygen atoms in total. The lowest BCUT2D eigenvalue weighted by Crippen LogP contribution is -2.02. The Morgan fingerprint density at radius 1 is 1.20 bits per heavy atom. The first kappa shape index (κ1) is 6.69. The molecule has 2 saturated carbocycles. The van der Waals surface area contributed by atoms with Crippen molar-refractivity contribution < 1.29 is 0 Å². The van der Waals surface area contributed by atoms with E-state index in [9.17, 15) is 0 Å². The van der Waals surface area contributed by atoms with Gasteiger partial charge in [-0.1, -0.05) is 27.2 Å². The van der Waals surface area contributed by atoms with Crippen LogP contribution in [0.1, 0.15) is 33.6 Å². The van der Waals surface area contributed by atoms with Crippen LogP contribution in [-0.2, 0) is 0 Å². The minimum absolute atomic E-state index is 0.956. The zero-order valence-electron chi connectivity index (χ0n) is 7.30. The van der Waals surface area contributed by atoms with Crippen molar-refractivity contribution in [1.82, 2.24) is 0 Å². The highest BCUT2D eigenvalue weighted by atomic mass is 14.6. The third kappa shape index (κ3) is 0.741. The molecule has 10 heavy (non-hydrogen) atoms. The molecule has 0 aromatic carbocycles. The van der Waals surface area contributed by atoms with Gasteiger partial charge < -0.3 is 0 Å². The molecule has 2 fully saturated rings. The Bertz CT molecular complexity index is 133. The van der Waals surface area contributed by atoms with Crippen molar-refractivity contribution >= 4 is 0 Å². The lowest BCUT2D eigenvalue weighted by molar-refractivity contribution is 0.397. The van der Waals surface area contributed by atoms with Gasteiger partial charge in [-0.3, -0.25) is 0 Å². The second-order valence-corrected chi connectivity index (χ2v) is 4.62. The van der Waals surface area contributed by atoms with E-state index in [0.29, 0.717) is 0 Å². The Morgan fingerprint density at radius 2 is 1.90 bits per heavy atom. The van der Waals surface area contributed by atoms with Crippen molar-refractivity contribution in [2.24, 2.45) is 29.6 Å². The maximum Gasteiger partial charge on any atom is -0.0324 e. The van der Waals surface area contributed by atoms with Crippen LogP contribution in [0.4, 0.5) is 0 Å². The quantitative estimate of drug-likeness (QED) is 0.522. The van der Waals surface area contributed by atoms with Gasteiger partial charge in [-0.2, -0.15) is 0 Å². The van der Waals surface area contributed by atoms with Crippen LogP contribution in [-0.4, -0.2) is 0 Å². The summed E-state index contributed by atoms with van der Waals surface area (Å²) in [6, 6.07) is 0. The molecular formula is C10H18. The van der Waals surface area contributed by atoms with Crippen LogP contribution in [0.5, 0.6) is 0 Å². The predicted octanol–water partition coefficient (Wildman–Crippen LogP) is 2.93. The number of fused-ring (bicyclic) bond motifs is 1. The number of rotatable bonds is 1. The van der Waals surface area contributed by atoms with E-state index >= 15 is 0 Å². The van der Waals surface area contributed by atoms with Crippen molar-refractivity contribution in [2.75, 3.05) is 0 Å². The largest absolute Gasteiger partial charge is 0.0625 e. The van der Waals surface area contributed by atoms with Gasteiger partial charge in [0.2, 0.25) is 0 Å². The Hall–Kier alpha value is 0. The van der Waals surface area contributed by atoms with Gasteiger partial charge >= 0.3 is 0 Å². The Kier molecular flexibility index (Phi) is 1.33. The molecule has 0 amide bonds. The zero-order valence-corrected chi connectivity index (χ0v) is 7.30. The van der Waals surface area contributed by atoms with Gasteiger partial charge in [0.25, 0.3) is 0 Å². The molecule has 4 atom stereocenters. The van der Waals surface area contributed by atoms with Gasteiger partial charge in [-0.25, -0.2) is 0 Å². The van der Waals surface area contributed by atoms with Gasteiger partial charge in [0.1, 0.15) is 0 Å². The Balaban J connectivity index is 1.98. The SMILES string of the molecule is CC(C)[C@H]1[C@@H]2CC[C@@H](C)[C@@H]21. The van der Waals surface area contributed by atoms with Crippen LogP contribution < -0.4 is 0 Å². The Morgan fingerprint density at radius 3 is 2.20 bits per heavy atom. The average molecular weight is 138 g/mol. The van der Waals surface area contributed by atoms with E-state index in [0.717, 1.165) is 29.6 Å². The lowest BCUT2D eigenvalue weighted by atomic mass is 9.96. The van der Waals surface area contributed by atoms with Crippen molar-refractivity contribution in [3.8, 4) is 0 Å². The summed E-state index contributed by atoms with van der Waals surface area (Å²) in [6.45, 7) is 7.21. The molecule has 0 N–H and O–H groups in total. The molecule has 58 valence electrons. The summed E-state index contributed by atoms with van der Waals surface area (Å²) in [6.07, 6.45) is 3.05. The summed E-state index contributed by atoms with van der Waals surface area (Å²) < 4.78 is 0. The maximum absolute atomic E-state index is 2.44. The van der Waals surface area contributed by atoms with Crippen LogP contribution in [0.15, 0.2) is 0 Å². The summed E-state index contributed by atoms with van der Waals surface area (Å²) in [5.41, 5.74) is 0. The van der Waals surface area contributed by atoms with E-state index < -0.39 is 0 Å². The monoisotopic (exact) mass is 138 g/mol. The third-order valence-corrected chi connectivity index (χ3v) is 3.67. The summed E-state index contributed by atoms with van der Waals surface area (Å²) in [7, 11) is 0. The van der Waals surface area contributed by atoms with E-state index in [1.165, 1.54) is 12.8 Å². The van der Waals surface area contributed by atoms with Gasteiger partial charge in [-0.15, -0.1) is 0 Å². The topological polar surface area (TPSA) is 0 Å². The molecule has 0 radical (unpaired) electrons. The molecule has 2 rings (SSSR count). The number of hydrogen-bond donors (Lipinski definition) is 0. The smallest absolute Gasteiger partial charge is 0.0324 e. The summed E-state index contributed by atoms with van der Waals surface area (Å²) in [4.78, 5) is 0. The zero-order chi connectivity index (χ0) is 7.30.